The minimum absolute atomic E-state index is 0.212. The summed E-state index contributed by atoms with van der Waals surface area (Å²) in [7, 11) is 0. The number of hydrogen-bond acceptors (Lipinski definition) is 3. The van der Waals surface area contributed by atoms with Crippen molar-refractivity contribution in [3.63, 3.8) is 0 Å². The topological polar surface area (TPSA) is 59.2 Å². The highest BCUT2D eigenvalue weighted by atomic mass is 16.5. The van der Waals surface area contributed by atoms with Crippen molar-refractivity contribution in [2.24, 2.45) is 0 Å². The summed E-state index contributed by atoms with van der Waals surface area (Å²) >= 11 is 0. The molecular weight excluding hydrogens is 182 g/mol. The lowest BCUT2D eigenvalue weighted by Crippen LogP contribution is -2.18. The first-order valence-corrected chi connectivity index (χ1v) is 4.44. The number of aromatic nitrogens is 1. The number of aromatic amines is 1. The van der Waals surface area contributed by atoms with Gasteiger partial charge in [0.2, 0.25) is 0 Å². The molecule has 4 nitrogen and oxygen atoms in total. The van der Waals surface area contributed by atoms with Crippen molar-refractivity contribution in [2.45, 2.75) is 20.8 Å². The van der Waals surface area contributed by atoms with Crippen LogP contribution in [0, 0.1) is 13.8 Å². The second-order valence-corrected chi connectivity index (χ2v) is 3.06. The highest BCUT2D eigenvalue weighted by Crippen LogP contribution is 2.10. The summed E-state index contributed by atoms with van der Waals surface area (Å²) in [5, 5.41) is 0. The van der Waals surface area contributed by atoms with Crippen LogP contribution in [0.1, 0.15) is 28.7 Å². The normalized spacial score (nSPS) is 9.93. The molecule has 0 aliphatic heterocycles. The Morgan fingerprint density at radius 3 is 2.50 bits per heavy atom. The predicted octanol–water partition coefficient (Wildman–Crippen LogP) is 1.38. The van der Waals surface area contributed by atoms with Crippen molar-refractivity contribution in [1.29, 1.82) is 0 Å². The van der Waals surface area contributed by atoms with Gasteiger partial charge in [0.05, 0.1) is 12.3 Å². The van der Waals surface area contributed by atoms with Crippen LogP contribution >= 0.6 is 0 Å². The smallest absolute Gasteiger partial charge is 0.381 e. The molecule has 1 aromatic heterocycles. The van der Waals surface area contributed by atoms with Gasteiger partial charge < -0.3 is 9.72 Å². The number of rotatable bonds is 3. The summed E-state index contributed by atoms with van der Waals surface area (Å²) in [6, 6.07) is 1.81. The largest absolute Gasteiger partial charge is 0.460 e. The molecule has 0 amide bonds. The lowest BCUT2D eigenvalue weighted by molar-refractivity contribution is -0.137. The zero-order chi connectivity index (χ0) is 10.7. The fraction of sp³-hybridized carbons (Fsp3) is 0.400. The van der Waals surface area contributed by atoms with E-state index in [4.69, 9.17) is 0 Å². The Labute approximate surface area is 82.3 Å². The van der Waals surface area contributed by atoms with Crippen LogP contribution in [0.4, 0.5) is 0 Å². The van der Waals surface area contributed by atoms with Gasteiger partial charge in [-0.25, -0.2) is 4.79 Å². The van der Waals surface area contributed by atoms with Crippen molar-refractivity contribution in [2.75, 3.05) is 6.61 Å². The number of Topliss-reactive ketones (excluding diaryl/α,β-unsaturated/α-hetero) is 1. The Morgan fingerprint density at radius 2 is 2.07 bits per heavy atom. The second kappa shape index (κ2) is 4.09. The summed E-state index contributed by atoms with van der Waals surface area (Å²) in [5.74, 6) is -1.42. The number of carbonyl (C=O) groups is 2. The van der Waals surface area contributed by atoms with E-state index in [9.17, 15) is 9.59 Å². The first-order valence-electron chi connectivity index (χ1n) is 4.44. The zero-order valence-corrected chi connectivity index (χ0v) is 8.51. The van der Waals surface area contributed by atoms with Crippen LogP contribution in [-0.2, 0) is 9.53 Å². The Balaban J connectivity index is 2.89. The van der Waals surface area contributed by atoms with E-state index in [1.807, 2.05) is 13.0 Å². The Morgan fingerprint density at radius 1 is 1.43 bits per heavy atom. The molecule has 4 heteroatoms. The Bertz CT molecular complexity index is 365. The third kappa shape index (κ3) is 2.02. The van der Waals surface area contributed by atoms with E-state index in [1.54, 1.807) is 13.8 Å². The highest BCUT2D eigenvalue weighted by Gasteiger charge is 2.20. The van der Waals surface area contributed by atoms with Crippen LogP contribution in [0.25, 0.3) is 0 Å². The molecule has 0 aliphatic carbocycles. The summed E-state index contributed by atoms with van der Waals surface area (Å²) in [4.78, 5) is 25.4. The Hall–Kier alpha value is -1.58. The van der Waals surface area contributed by atoms with Gasteiger partial charge in [-0.1, -0.05) is 0 Å². The van der Waals surface area contributed by atoms with Gasteiger partial charge in [-0.2, -0.15) is 0 Å². The van der Waals surface area contributed by atoms with E-state index in [-0.39, 0.29) is 6.61 Å². The van der Waals surface area contributed by atoms with Crippen LogP contribution < -0.4 is 0 Å². The number of esters is 1. The van der Waals surface area contributed by atoms with Crippen LogP contribution in [0.5, 0.6) is 0 Å². The van der Waals surface area contributed by atoms with Crippen molar-refractivity contribution in [3.8, 4) is 0 Å². The van der Waals surface area contributed by atoms with Crippen LogP contribution in [0.3, 0.4) is 0 Å². The first-order chi connectivity index (χ1) is 6.56. The molecule has 14 heavy (non-hydrogen) atoms. The highest BCUT2D eigenvalue weighted by molar-refractivity contribution is 6.40. The quantitative estimate of drug-likeness (QED) is 0.450. The lowest BCUT2D eigenvalue weighted by atomic mass is 10.2. The molecule has 1 N–H and O–H groups in total. The number of H-pyrrole nitrogens is 1. The van der Waals surface area contributed by atoms with Gasteiger partial charge >= 0.3 is 5.97 Å². The average Bonchev–Trinajstić information content (AvgIpc) is 2.44. The van der Waals surface area contributed by atoms with Crippen molar-refractivity contribution in [1.82, 2.24) is 4.98 Å². The zero-order valence-electron chi connectivity index (χ0n) is 8.51. The fourth-order valence-electron chi connectivity index (χ4n) is 1.26. The summed E-state index contributed by atoms with van der Waals surface area (Å²) in [5.41, 5.74) is 1.94. The predicted molar refractivity (Wildman–Crippen MR) is 51.2 cm³/mol. The lowest BCUT2D eigenvalue weighted by Gasteiger charge is -1.99. The molecule has 0 spiro atoms. The van der Waals surface area contributed by atoms with E-state index >= 15 is 0 Å². The SMILES string of the molecule is CCOC(=O)C(=O)c1[nH]c(C)cc1C. The number of hydrogen-bond donors (Lipinski definition) is 1. The third-order valence-electron chi connectivity index (χ3n) is 1.84. The number of ether oxygens (including phenoxy) is 1. The molecule has 0 fully saturated rings. The molecule has 1 aromatic rings. The maximum atomic E-state index is 11.5. The van der Waals surface area contributed by atoms with Crippen LogP contribution in [0.2, 0.25) is 0 Å². The number of aryl methyl sites for hydroxylation is 2. The monoisotopic (exact) mass is 195 g/mol. The first kappa shape index (κ1) is 10.5. The molecule has 0 unspecified atom stereocenters. The summed E-state index contributed by atoms with van der Waals surface area (Å²) in [6.45, 7) is 5.48. The summed E-state index contributed by atoms with van der Waals surface area (Å²) < 4.78 is 4.61. The van der Waals surface area contributed by atoms with Gasteiger partial charge in [0, 0.05) is 5.69 Å². The molecule has 0 saturated carbocycles. The molecule has 0 saturated heterocycles. The molecule has 0 aliphatic rings. The molecule has 1 rings (SSSR count). The van der Waals surface area contributed by atoms with E-state index in [2.05, 4.69) is 9.72 Å². The van der Waals surface area contributed by atoms with E-state index in [1.165, 1.54) is 0 Å². The van der Waals surface area contributed by atoms with Crippen molar-refractivity contribution < 1.29 is 14.3 Å². The van der Waals surface area contributed by atoms with Crippen LogP contribution in [0.15, 0.2) is 6.07 Å². The van der Waals surface area contributed by atoms with Gasteiger partial charge in [0.25, 0.3) is 5.78 Å². The third-order valence-corrected chi connectivity index (χ3v) is 1.84. The van der Waals surface area contributed by atoms with Gasteiger partial charge in [0.1, 0.15) is 0 Å². The maximum absolute atomic E-state index is 11.5. The average molecular weight is 195 g/mol. The van der Waals surface area contributed by atoms with Gasteiger partial charge in [-0.15, -0.1) is 0 Å². The maximum Gasteiger partial charge on any atom is 0.381 e. The molecule has 1 heterocycles. The molecule has 0 bridgehead atoms. The van der Waals surface area contributed by atoms with Crippen molar-refractivity contribution in [3.05, 3.63) is 23.0 Å². The van der Waals surface area contributed by atoms with E-state index in [0.717, 1.165) is 11.3 Å². The number of nitrogens with one attached hydrogen (secondary N) is 1. The number of ketones is 1. The van der Waals surface area contributed by atoms with Crippen molar-refractivity contribution >= 4 is 11.8 Å². The van der Waals surface area contributed by atoms with E-state index in [0.29, 0.717) is 5.69 Å². The fourth-order valence-corrected chi connectivity index (χ4v) is 1.26. The van der Waals surface area contributed by atoms with Crippen LogP contribution in [-0.4, -0.2) is 23.3 Å². The minimum atomic E-state index is -0.808. The molecule has 76 valence electrons. The number of carbonyl (C=O) groups excluding carboxylic acids is 2. The minimum Gasteiger partial charge on any atom is -0.460 e. The Kier molecular flexibility index (Phi) is 3.06. The second-order valence-electron chi connectivity index (χ2n) is 3.06. The van der Waals surface area contributed by atoms with Gasteiger partial charge in [-0.05, 0) is 32.4 Å². The standard InChI is InChI=1S/C10H13NO3/c1-4-14-10(13)9(12)8-6(2)5-7(3)11-8/h5,11H,4H2,1-3H3. The van der Waals surface area contributed by atoms with Gasteiger partial charge in [-0.3, -0.25) is 4.79 Å². The molecular formula is C10H13NO3. The molecule has 0 aromatic carbocycles. The van der Waals surface area contributed by atoms with Gasteiger partial charge in [0.15, 0.2) is 0 Å². The summed E-state index contributed by atoms with van der Waals surface area (Å²) in [6.07, 6.45) is 0. The molecule has 0 radical (unpaired) electrons. The van der Waals surface area contributed by atoms with E-state index < -0.39 is 11.8 Å². The molecule has 0 atom stereocenters.